The van der Waals surface area contributed by atoms with Gasteiger partial charge in [-0.2, -0.15) is 0 Å². The number of ether oxygens (including phenoxy) is 1. The molecule has 10 nitrogen and oxygen atoms in total. The monoisotopic (exact) mass is 468 g/mol. The molecule has 0 aromatic heterocycles. The molecule has 2 rings (SSSR count). The van der Waals surface area contributed by atoms with Gasteiger partial charge in [0.25, 0.3) is 0 Å². The van der Waals surface area contributed by atoms with Crippen molar-refractivity contribution >= 4 is 25.5 Å². The second-order valence-corrected chi connectivity index (χ2v) is 9.99. The zero-order valence-corrected chi connectivity index (χ0v) is 19.2. The summed E-state index contributed by atoms with van der Waals surface area (Å²) in [6, 6.07) is -1.12. The Balaban J connectivity index is 2.09. The second kappa shape index (κ2) is 10.9. The zero-order chi connectivity index (χ0) is 22.6. The van der Waals surface area contributed by atoms with Gasteiger partial charge in [0.1, 0.15) is 29.9 Å². The van der Waals surface area contributed by atoms with E-state index >= 15 is 0 Å². The molecule has 0 aromatic carbocycles. The first-order valence-electron chi connectivity index (χ1n) is 9.93. The Morgan fingerprint density at radius 2 is 2.10 bits per heavy atom. The van der Waals surface area contributed by atoms with Gasteiger partial charge >= 0.3 is 7.82 Å². The molecule has 12 heteroatoms. The Morgan fingerprint density at radius 1 is 1.43 bits per heavy atom. The summed E-state index contributed by atoms with van der Waals surface area (Å²) in [6.45, 7) is 6.65. The van der Waals surface area contributed by atoms with Crippen molar-refractivity contribution in [3.8, 4) is 0 Å². The van der Waals surface area contributed by atoms with Gasteiger partial charge < -0.3 is 30.1 Å². The van der Waals surface area contributed by atoms with Gasteiger partial charge in [-0.15, -0.1) is 18.3 Å². The van der Waals surface area contributed by atoms with Crippen LogP contribution in [0.4, 0.5) is 0 Å². The Morgan fingerprint density at radius 3 is 2.63 bits per heavy atom. The summed E-state index contributed by atoms with van der Waals surface area (Å²) in [4.78, 5) is 33.0. The number of thioether (sulfide) groups is 1. The smallest absolute Gasteiger partial charge is 0.387 e. The lowest BCUT2D eigenvalue weighted by Gasteiger charge is -2.44. The van der Waals surface area contributed by atoms with Gasteiger partial charge in [0, 0.05) is 6.54 Å². The molecule has 2 aliphatic rings. The van der Waals surface area contributed by atoms with Crippen molar-refractivity contribution in [3.63, 3.8) is 0 Å². The van der Waals surface area contributed by atoms with Gasteiger partial charge in [-0.1, -0.05) is 19.4 Å². The molecule has 0 spiro atoms. The minimum Gasteiger partial charge on any atom is -0.387 e. The van der Waals surface area contributed by atoms with Crippen LogP contribution in [0.25, 0.3) is 0 Å². The van der Waals surface area contributed by atoms with Crippen molar-refractivity contribution < 1.29 is 38.6 Å². The standard InChI is InChI=1S/C18H33N2O8PS/c1-5-7-10-8-12(20(3)9-10)17(23)19-11(6-2)15-13(21)14(22)16(18(27-15)30-4)28-29(24,25)26/h6,10-16,18,21-22H,2,5,7-9H2,1,3-4H3,(H,19,23)(H2,24,25,26)/t10-,11-,12+,13-,14+,15-,16-,18-/m1/s1. The number of aliphatic hydroxyl groups is 2. The molecule has 8 atom stereocenters. The topological polar surface area (TPSA) is 149 Å². The van der Waals surface area contributed by atoms with Gasteiger partial charge in [-0.05, 0) is 32.1 Å². The van der Waals surface area contributed by atoms with Crippen LogP contribution in [0.1, 0.15) is 26.2 Å². The van der Waals surface area contributed by atoms with E-state index in [1.807, 2.05) is 11.9 Å². The summed E-state index contributed by atoms with van der Waals surface area (Å²) in [5.41, 5.74) is -0.969. The van der Waals surface area contributed by atoms with E-state index in [2.05, 4.69) is 23.3 Å². The first-order chi connectivity index (χ1) is 14.0. The van der Waals surface area contributed by atoms with Crippen molar-refractivity contribution in [2.24, 2.45) is 5.92 Å². The van der Waals surface area contributed by atoms with Gasteiger partial charge in [0.15, 0.2) is 0 Å². The maximum atomic E-state index is 12.9. The lowest BCUT2D eigenvalue weighted by molar-refractivity contribution is -0.198. The fraction of sp³-hybridized carbons (Fsp3) is 0.833. The highest BCUT2D eigenvalue weighted by Gasteiger charge is 2.49. The average molecular weight is 469 g/mol. The van der Waals surface area contributed by atoms with Crippen LogP contribution in [0, 0.1) is 5.92 Å². The van der Waals surface area contributed by atoms with Crippen LogP contribution < -0.4 is 5.32 Å². The van der Waals surface area contributed by atoms with E-state index in [4.69, 9.17) is 14.5 Å². The summed E-state index contributed by atoms with van der Waals surface area (Å²) in [5.74, 6) is 0.225. The number of carbonyl (C=O) groups is 1. The molecule has 2 fully saturated rings. The number of hydrogen-bond acceptors (Lipinski definition) is 8. The van der Waals surface area contributed by atoms with Crippen LogP contribution in [0.2, 0.25) is 0 Å². The molecular weight excluding hydrogens is 435 g/mol. The third-order valence-corrected chi connectivity index (χ3v) is 6.99. The molecular formula is C18H33N2O8PS. The van der Waals surface area contributed by atoms with E-state index in [-0.39, 0.29) is 11.9 Å². The number of likely N-dealkylation sites (N-methyl/N-ethyl adjacent to an activating group) is 1. The summed E-state index contributed by atoms with van der Waals surface area (Å²) in [5, 5.41) is 23.8. The van der Waals surface area contributed by atoms with Crippen LogP contribution >= 0.6 is 19.6 Å². The van der Waals surface area contributed by atoms with E-state index in [1.165, 1.54) is 6.08 Å². The first kappa shape index (κ1) is 25.8. The minimum absolute atomic E-state index is 0.222. The highest BCUT2D eigenvalue weighted by atomic mass is 32.2. The maximum absolute atomic E-state index is 12.9. The quantitative estimate of drug-likeness (QED) is 0.232. The molecule has 2 aliphatic heterocycles. The van der Waals surface area contributed by atoms with E-state index < -0.39 is 43.7 Å². The van der Waals surface area contributed by atoms with Crippen LogP contribution in [0.5, 0.6) is 0 Å². The summed E-state index contributed by atoms with van der Waals surface area (Å²) in [6.07, 6.45) is 0.185. The maximum Gasteiger partial charge on any atom is 0.470 e. The largest absolute Gasteiger partial charge is 0.470 e. The number of hydrogen-bond donors (Lipinski definition) is 5. The van der Waals surface area contributed by atoms with Crippen molar-refractivity contribution in [3.05, 3.63) is 12.7 Å². The van der Waals surface area contributed by atoms with Crippen molar-refractivity contribution in [2.75, 3.05) is 19.8 Å². The number of phosphoric ester groups is 1. The number of nitrogens with zero attached hydrogens (tertiary/aromatic N) is 1. The predicted molar refractivity (Wildman–Crippen MR) is 113 cm³/mol. The Labute approximate surface area is 181 Å². The number of rotatable bonds is 9. The van der Waals surface area contributed by atoms with Crippen LogP contribution in [-0.2, 0) is 18.6 Å². The first-order valence-corrected chi connectivity index (χ1v) is 12.8. The molecule has 2 saturated heterocycles. The zero-order valence-electron chi connectivity index (χ0n) is 17.5. The fourth-order valence-electron chi connectivity index (χ4n) is 4.18. The molecule has 30 heavy (non-hydrogen) atoms. The minimum atomic E-state index is -4.91. The van der Waals surface area contributed by atoms with Gasteiger partial charge in [0.05, 0.1) is 12.1 Å². The predicted octanol–water partition coefficient (Wildman–Crippen LogP) is 0.0652. The Hall–Kier alpha value is -0.490. The van der Waals surface area contributed by atoms with E-state index in [0.29, 0.717) is 5.92 Å². The molecule has 0 bridgehead atoms. The van der Waals surface area contributed by atoms with Crippen LogP contribution in [0.15, 0.2) is 12.7 Å². The SMILES string of the molecule is C=C[C@@H](NC(=O)[C@@H]1C[C@@H](CCC)CN1C)[C@H]1O[C@H](SC)[C@H](OP(=O)(O)O)[C@@H](O)[C@H]1O. The molecule has 1 amide bonds. The number of nitrogens with one attached hydrogen (secondary N) is 1. The second-order valence-electron chi connectivity index (χ2n) is 7.86. The number of amides is 1. The number of aliphatic hydroxyl groups excluding tert-OH is 2. The van der Waals surface area contributed by atoms with Gasteiger partial charge in [-0.25, -0.2) is 4.57 Å². The van der Waals surface area contributed by atoms with Crippen LogP contribution in [0.3, 0.4) is 0 Å². The van der Waals surface area contributed by atoms with E-state index in [9.17, 15) is 19.6 Å². The normalized spacial score (nSPS) is 36.4. The highest BCUT2D eigenvalue weighted by Crippen LogP contribution is 2.43. The molecule has 2 heterocycles. The Kier molecular flexibility index (Phi) is 9.35. The molecule has 0 aromatic rings. The summed E-state index contributed by atoms with van der Waals surface area (Å²) < 4.78 is 21.6. The average Bonchev–Trinajstić information content (AvgIpc) is 3.04. The molecule has 5 N–H and O–H groups in total. The third kappa shape index (κ3) is 6.27. The molecule has 174 valence electrons. The van der Waals surface area contributed by atoms with E-state index in [1.54, 1.807) is 6.26 Å². The molecule has 0 aliphatic carbocycles. The summed E-state index contributed by atoms with van der Waals surface area (Å²) >= 11 is 1.07. The number of likely N-dealkylation sites (tertiary alicyclic amines) is 1. The number of phosphoric acid groups is 1. The van der Waals surface area contributed by atoms with Crippen molar-refractivity contribution in [2.45, 2.75) is 68.1 Å². The lowest BCUT2D eigenvalue weighted by Crippen LogP contribution is -2.63. The Bertz CT molecular complexity index is 648. The fourth-order valence-corrected chi connectivity index (χ4v) is 5.54. The van der Waals surface area contributed by atoms with Gasteiger partial charge in [0.2, 0.25) is 5.91 Å². The number of carbonyl (C=O) groups excluding carboxylic acids is 1. The molecule has 0 unspecified atom stereocenters. The summed E-state index contributed by atoms with van der Waals surface area (Å²) in [7, 11) is -3.02. The van der Waals surface area contributed by atoms with Crippen molar-refractivity contribution in [1.29, 1.82) is 0 Å². The molecule has 0 saturated carbocycles. The van der Waals surface area contributed by atoms with Crippen molar-refractivity contribution in [1.82, 2.24) is 10.2 Å². The third-order valence-electron chi connectivity index (χ3n) is 5.63. The lowest BCUT2D eigenvalue weighted by atomic mass is 9.94. The highest BCUT2D eigenvalue weighted by molar-refractivity contribution is 7.99. The van der Waals surface area contributed by atoms with Gasteiger partial charge in [-0.3, -0.25) is 14.2 Å². The van der Waals surface area contributed by atoms with E-state index in [0.717, 1.165) is 37.6 Å². The van der Waals surface area contributed by atoms with Crippen LogP contribution in [-0.4, -0.2) is 92.6 Å². The molecule has 0 radical (unpaired) electrons.